The molecule has 2 aromatic rings. The van der Waals surface area contributed by atoms with Crippen molar-refractivity contribution in [3.8, 4) is 11.8 Å². The Kier molecular flexibility index (Phi) is 7.66. The van der Waals surface area contributed by atoms with Gasteiger partial charge in [-0.3, -0.25) is 4.79 Å². The number of nitriles is 1. The fourth-order valence-corrected chi connectivity index (χ4v) is 5.44. The Hall–Kier alpha value is -2.89. The van der Waals surface area contributed by atoms with E-state index in [0.29, 0.717) is 23.6 Å². The fourth-order valence-electron chi connectivity index (χ4n) is 3.80. The molecular weight excluding hydrogens is 414 g/mol. The van der Waals surface area contributed by atoms with Crippen molar-refractivity contribution in [3.63, 3.8) is 0 Å². The number of carbonyl (C=O) groups is 1. The molecule has 0 unspecified atom stereocenters. The van der Waals surface area contributed by atoms with E-state index in [2.05, 4.69) is 5.32 Å². The van der Waals surface area contributed by atoms with E-state index in [-0.39, 0.29) is 17.5 Å². The summed E-state index contributed by atoms with van der Waals surface area (Å²) in [6.45, 7) is 2.07. The van der Waals surface area contributed by atoms with Crippen LogP contribution in [0.5, 0.6) is 5.75 Å². The predicted molar refractivity (Wildman–Crippen MR) is 118 cm³/mol. The van der Waals surface area contributed by atoms with Crippen molar-refractivity contribution in [2.24, 2.45) is 0 Å². The molecule has 1 amide bonds. The zero-order valence-corrected chi connectivity index (χ0v) is 18.4. The minimum atomic E-state index is -3.87. The minimum absolute atomic E-state index is 0.140. The molecule has 1 fully saturated rings. The van der Waals surface area contributed by atoms with Crippen LogP contribution >= 0.6 is 0 Å². The van der Waals surface area contributed by atoms with Crippen molar-refractivity contribution >= 4 is 21.6 Å². The van der Waals surface area contributed by atoms with E-state index in [4.69, 9.17) is 10.00 Å². The molecule has 2 aromatic carbocycles. The summed E-state index contributed by atoms with van der Waals surface area (Å²) >= 11 is 0. The molecule has 0 saturated heterocycles. The molecule has 0 bridgehead atoms. The first-order valence-electron chi connectivity index (χ1n) is 10.5. The maximum atomic E-state index is 13.5. The highest BCUT2D eigenvalue weighted by molar-refractivity contribution is 7.89. The van der Waals surface area contributed by atoms with Crippen molar-refractivity contribution in [1.82, 2.24) is 4.31 Å². The van der Waals surface area contributed by atoms with Crippen LogP contribution in [0.1, 0.15) is 44.6 Å². The zero-order chi connectivity index (χ0) is 22.3. The molecule has 164 valence electrons. The number of amides is 1. The highest BCUT2D eigenvalue weighted by atomic mass is 32.2. The van der Waals surface area contributed by atoms with Crippen molar-refractivity contribution in [2.75, 3.05) is 18.5 Å². The van der Waals surface area contributed by atoms with Gasteiger partial charge in [-0.05, 0) is 62.2 Å². The molecule has 0 radical (unpaired) electrons. The summed E-state index contributed by atoms with van der Waals surface area (Å²) < 4.78 is 33.6. The van der Waals surface area contributed by atoms with Gasteiger partial charge in [0.15, 0.2) is 0 Å². The third-order valence-electron chi connectivity index (χ3n) is 5.30. The van der Waals surface area contributed by atoms with Gasteiger partial charge in [0.1, 0.15) is 5.75 Å². The number of benzene rings is 2. The highest BCUT2D eigenvalue weighted by Gasteiger charge is 2.34. The van der Waals surface area contributed by atoms with E-state index in [1.165, 1.54) is 16.4 Å². The van der Waals surface area contributed by atoms with Crippen molar-refractivity contribution in [3.05, 3.63) is 54.1 Å². The largest absolute Gasteiger partial charge is 0.494 e. The topological polar surface area (TPSA) is 99.5 Å². The Morgan fingerprint density at radius 2 is 1.87 bits per heavy atom. The van der Waals surface area contributed by atoms with Gasteiger partial charge in [0.2, 0.25) is 15.9 Å². The first-order valence-corrected chi connectivity index (χ1v) is 11.9. The summed E-state index contributed by atoms with van der Waals surface area (Å²) in [5.41, 5.74) is 0.884. The second kappa shape index (κ2) is 10.4. The standard InChI is InChI=1S/C23H27N3O4S/c1-2-30-21-11-13-22(14-12-21)31(28,29)26(20-9-4-3-5-10-20)17-23(27)25-19-8-6-7-18(15-19)16-24/h6-8,11-15,20H,2-5,9-10,17H2,1H3,(H,25,27). The van der Waals surface area contributed by atoms with Gasteiger partial charge >= 0.3 is 0 Å². The summed E-state index contributed by atoms with van der Waals surface area (Å²) in [5.74, 6) is 0.163. The first kappa shape index (κ1) is 22.8. The van der Waals surface area contributed by atoms with Crippen LogP contribution in [0.15, 0.2) is 53.4 Å². The summed E-state index contributed by atoms with van der Waals surface area (Å²) in [6.07, 6.45) is 4.40. The van der Waals surface area contributed by atoms with Crippen LogP contribution in [0.3, 0.4) is 0 Å². The summed E-state index contributed by atoms with van der Waals surface area (Å²) in [4.78, 5) is 12.9. The van der Waals surface area contributed by atoms with Crippen LogP contribution in [-0.2, 0) is 14.8 Å². The minimum Gasteiger partial charge on any atom is -0.494 e. The van der Waals surface area contributed by atoms with E-state index in [9.17, 15) is 13.2 Å². The molecule has 0 spiro atoms. The summed E-state index contributed by atoms with van der Waals surface area (Å²) in [6, 6.07) is 14.6. The second-order valence-corrected chi connectivity index (χ2v) is 9.38. The lowest BCUT2D eigenvalue weighted by molar-refractivity contribution is -0.116. The molecule has 7 nitrogen and oxygen atoms in total. The van der Waals surface area contributed by atoms with Crippen LogP contribution in [0.25, 0.3) is 0 Å². The molecule has 0 atom stereocenters. The molecule has 1 aliphatic carbocycles. The molecule has 1 aliphatic rings. The van der Waals surface area contributed by atoms with Gasteiger partial charge in [-0.15, -0.1) is 0 Å². The lowest BCUT2D eigenvalue weighted by atomic mass is 9.95. The van der Waals surface area contributed by atoms with Crippen LogP contribution in [0.2, 0.25) is 0 Å². The maximum absolute atomic E-state index is 13.5. The van der Waals surface area contributed by atoms with E-state index in [0.717, 1.165) is 32.1 Å². The molecule has 8 heteroatoms. The quantitative estimate of drug-likeness (QED) is 0.669. The van der Waals surface area contributed by atoms with E-state index < -0.39 is 15.9 Å². The number of hydrogen-bond acceptors (Lipinski definition) is 5. The Labute approximate surface area is 183 Å². The SMILES string of the molecule is CCOc1ccc(S(=O)(=O)N(CC(=O)Nc2cccc(C#N)c2)C2CCCCC2)cc1. The van der Waals surface area contributed by atoms with Crippen LogP contribution < -0.4 is 10.1 Å². The normalized spacial score (nSPS) is 14.7. The smallest absolute Gasteiger partial charge is 0.243 e. The average molecular weight is 442 g/mol. The van der Waals surface area contributed by atoms with Crippen molar-refractivity contribution < 1.29 is 17.9 Å². The molecule has 0 heterocycles. The lowest BCUT2D eigenvalue weighted by Gasteiger charge is -2.33. The number of carbonyl (C=O) groups excluding carboxylic acids is 1. The predicted octanol–water partition coefficient (Wildman–Crippen LogP) is 3.92. The molecule has 3 rings (SSSR count). The third-order valence-corrected chi connectivity index (χ3v) is 7.21. The van der Waals surface area contributed by atoms with Gasteiger partial charge in [0, 0.05) is 11.7 Å². The van der Waals surface area contributed by atoms with Gasteiger partial charge in [0.25, 0.3) is 0 Å². The Morgan fingerprint density at radius 1 is 1.16 bits per heavy atom. The van der Waals surface area contributed by atoms with E-state index in [1.54, 1.807) is 36.4 Å². The van der Waals surface area contributed by atoms with Gasteiger partial charge < -0.3 is 10.1 Å². The Bertz CT molecular complexity index is 1040. The van der Waals surface area contributed by atoms with Gasteiger partial charge in [0.05, 0.1) is 29.7 Å². The third kappa shape index (κ3) is 5.84. The Balaban J connectivity index is 1.83. The Morgan fingerprint density at radius 3 is 2.52 bits per heavy atom. The zero-order valence-electron chi connectivity index (χ0n) is 17.6. The average Bonchev–Trinajstić information content (AvgIpc) is 2.78. The van der Waals surface area contributed by atoms with Gasteiger partial charge in [-0.25, -0.2) is 8.42 Å². The molecule has 1 saturated carbocycles. The maximum Gasteiger partial charge on any atom is 0.243 e. The fraction of sp³-hybridized carbons (Fsp3) is 0.391. The first-order chi connectivity index (χ1) is 14.9. The van der Waals surface area contributed by atoms with Crippen LogP contribution in [0.4, 0.5) is 5.69 Å². The number of rotatable bonds is 8. The highest BCUT2D eigenvalue weighted by Crippen LogP contribution is 2.28. The second-order valence-electron chi connectivity index (χ2n) is 7.49. The van der Waals surface area contributed by atoms with E-state index in [1.807, 2.05) is 13.0 Å². The summed E-state index contributed by atoms with van der Waals surface area (Å²) in [7, 11) is -3.87. The van der Waals surface area contributed by atoms with Crippen LogP contribution in [0, 0.1) is 11.3 Å². The van der Waals surface area contributed by atoms with Gasteiger partial charge in [-0.1, -0.05) is 25.3 Å². The number of hydrogen-bond donors (Lipinski definition) is 1. The molecule has 0 aliphatic heterocycles. The number of nitrogens with zero attached hydrogens (tertiary/aromatic N) is 2. The van der Waals surface area contributed by atoms with E-state index >= 15 is 0 Å². The monoisotopic (exact) mass is 441 g/mol. The summed E-state index contributed by atoms with van der Waals surface area (Å²) in [5, 5.41) is 11.8. The lowest BCUT2D eigenvalue weighted by Crippen LogP contribution is -2.45. The molecule has 31 heavy (non-hydrogen) atoms. The van der Waals surface area contributed by atoms with Crippen LogP contribution in [-0.4, -0.2) is 37.8 Å². The number of sulfonamides is 1. The molecule has 0 aromatic heterocycles. The number of nitrogens with one attached hydrogen (secondary N) is 1. The van der Waals surface area contributed by atoms with Crippen molar-refractivity contribution in [2.45, 2.75) is 50.0 Å². The molecular formula is C23H27N3O4S. The van der Waals surface area contributed by atoms with Gasteiger partial charge in [-0.2, -0.15) is 9.57 Å². The number of ether oxygens (including phenoxy) is 1. The number of anilines is 1. The molecule has 1 N–H and O–H groups in total. The van der Waals surface area contributed by atoms with Crippen molar-refractivity contribution in [1.29, 1.82) is 5.26 Å².